The lowest BCUT2D eigenvalue weighted by molar-refractivity contribution is -0.0615. The molecule has 3 heterocycles. The van der Waals surface area contributed by atoms with Gasteiger partial charge >= 0.3 is 0 Å². The minimum Gasteiger partial charge on any atom is -0.389 e. The van der Waals surface area contributed by atoms with Gasteiger partial charge in [-0.05, 0) is 53.0 Å². The molecule has 136 valence electrons. The SMILES string of the molecule is CC(C)(C)OC[C@@H](O)CN1CCCC[C@@H]1c1nnc2n1CCCC2. The molecule has 0 amide bonds. The quantitative estimate of drug-likeness (QED) is 0.894. The van der Waals surface area contributed by atoms with Crippen LogP contribution in [0.25, 0.3) is 0 Å². The number of fused-ring (bicyclic) bond motifs is 1. The van der Waals surface area contributed by atoms with Gasteiger partial charge in [-0.3, -0.25) is 4.90 Å². The third-order valence-corrected chi connectivity index (χ3v) is 4.95. The van der Waals surface area contributed by atoms with E-state index in [1.165, 1.54) is 25.7 Å². The van der Waals surface area contributed by atoms with E-state index >= 15 is 0 Å². The zero-order chi connectivity index (χ0) is 17.2. The van der Waals surface area contributed by atoms with E-state index in [2.05, 4.69) is 19.7 Å². The first kappa shape index (κ1) is 17.8. The van der Waals surface area contributed by atoms with Gasteiger partial charge < -0.3 is 14.4 Å². The Morgan fingerprint density at radius 3 is 2.75 bits per heavy atom. The van der Waals surface area contributed by atoms with E-state index in [1.807, 2.05) is 20.8 Å². The summed E-state index contributed by atoms with van der Waals surface area (Å²) in [5, 5.41) is 19.3. The highest BCUT2D eigenvalue weighted by atomic mass is 16.5. The van der Waals surface area contributed by atoms with Gasteiger partial charge in [0.1, 0.15) is 11.6 Å². The monoisotopic (exact) mass is 336 g/mol. The van der Waals surface area contributed by atoms with Crippen molar-refractivity contribution in [2.45, 2.75) is 83.6 Å². The molecule has 1 saturated heterocycles. The number of hydrogen-bond donors (Lipinski definition) is 1. The van der Waals surface area contributed by atoms with E-state index in [4.69, 9.17) is 4.74 Å². The third-order valence-electron chi connectivity index (χ3n) is 4.95. The lowest BCUT2D eigenvalue weighted by Gasteiger charge is -2.37. The number of likely N-dealkylation sites (tertiary alicyclic amines) is 1. The van der Waals surface area contributed by atoms with Crippen LogP contribution in [0.4, 0.5) is 0 Å². The van der Waals surface area contributed by atoms with Crippen LogP contribution in [0.2, 0.25) is 0 Å². The molecule has 0 radical (unpaired) electrons. The lowest BCUT2D eigenvalue weighted by atomic mass is 10.00. The largest absolute Gasteiger partial charge is 0.389 e. The van der Waals surface area contributed by atoms with Crippen LogP contribution in [0.15, 0.2) is 0 Å². The van der Waals surface area contributed by atoms with Gasteiger partial charge in [-0.25, -0.2) is 0 Å². The van der Waals surface area contributed by atoms with Gasteiger partial charge in [0.05, 0.1) is 24.4 Å². The summed E-state index contributed by atoms with van der Waals surface area (Å²) in [6.45, 7) is 9.13. The van der Waals surface area contributed by atoms with E-state index in [-0.39, 0.29) is 11.6 Å². The highest BCUT2D eigenvalue weighted by Crippen LogP contribution is 2.31. The maximum Gasteiger partial charge on any atom is 0.150 e. The van der Waals surface area contributed by atoms with Crippen molar-refractivity contribution < 1.29 is 9.84 Å². The van der Waals surface area contributed by atoms with Gasteiger partial charge in [-0.2, -0.15) is 0 Å². The number of aromatic nitrogens is 3. The summed E-state index contributed by atoms with van der Waals surface area (Å²) in [6.07, 6.45) is 6.52. The molecule has 0 aliphatic carbocycles. The number of β-amino-alcohol motifs (C(OH)–C–C–N with tert-alkyl or cyclic N) is 1. The summed E-state index contributed by atoms with van der Waals surface area (Å²) >= 11 is 0. The van der Waals surface area contributed by atoms with E-state index in [0.29, 0.717) is 13.2 Å². The van der Waals surface area contributed by atoms with Gasteiger partial charge in [-0.1, -0.05) is 6.42 Å². The number of rotatable bonds is 5. The Balaban J connectivity index is 1.66. The summed E-state index contributed by atoms with van der Waals surface area (Å²) in [7, 11) is 0. The molecule has 1 fully saturated rings. The number of hydrogen-bond acceptors (Lipinski definition) is 5. The minimum atomic E-state index is -0.464. The summed E-state index contributed by atoms with van der Waals surface area (Å²) in [4.78, 5) is 2.38. The highest BCUT2D eigenvalue weighted by Gasteiger charge is 2.31. The zero-order valence-electron chi connectivity index (χ0n) is 15.4. The van der Waals surface area contributed by atoms with Gasteiger partial charge in [0.25, 0.3) is 0 Å². The van der Waals surface area contributed by atoms with Crippen LogP contribution < -0.4 is 0 Å². The van der Waals surface area contributed by atoms with Crippen molar-refractivity contribution >= 4 is 0 Å². The van der Waals surface area contributed by atoms with Crippen molar-refractivity contribution in [3.05, 3.63) is 11.6 Å². The number of aryl methyl sites for hydroxylation is 1. The lowest BCUT2D eigenvalue weighted by Crippen LogP contribution is -2.42. The second kappa shape index (κ2) is 7.50. The van der Waals surface area contributed by atoms with Gasteiger partial charge in [0, 0.05) is 19.5 Å². The average Bonchev–Trinajstić information content (AvgIpc) is 2.97. The minimum absolute atomic E-state index is 0.214. The number of aliphatic hydroxyl groups is 1. The smallest absolute Gasteiger partial charge is 0.150 e. The van der Waals surface area contributed by atoms with Gasteiger partial charge in [-0.15, -0.1) is 10.2 Å². The molecule has 6 heteroatoms. The second-order valence-electron chi connectivity index (χ2n) is 8.17. The van der Waals surface area contributed by atoms with E-state index < -0.39 is 6.10 Å². The molecule has 0 spiro atoms. The maximum atomic E-state index is 10.4. The summed E-state index contributed by atoms with van der Waals surface area (Å²) in [6, 6.07) is 0.280. The first-order valence-electron chi connectivity index (χ1n) is 9.42. The van der Waals surface area contributed by atoms with Gasteiger partial charge in [0.15, 0.2) is 0 Å². The molecule has 1 aromatic rings. The van der Waals surface area contributed by atoms with E-state index in [0.717, 1.165) is 37.6 Å². The first-order chi connectivity index (χ1) is 11.4. The molecule has 0 saturated carbocycles. The molecule has 2 atom stereocenters. The zero-order valence-corrected chi connectivity index (χ0v) is 15.4. The Morgan fingerprint density at radius 2 is 1.96 bits per heavy atom. The van der Waals surface area contributed by atoms with E-state index in [9.17, 15) is 5.11 Å². The fraction of sp³-hybridized carbons (Fsp3) is 0.889. The molecule has 0 unspecified atom stereocenters. The molecule has 1 aromatic heterocycles. The molecule has 6 nitrogen and oxygen atoms in total. The van der Waals surface area contributed by atoms with Gasteiger partial charge in [0.2, 0.25) is 0 Å². The Kier molecular flexibility index (Phi) is 5.57. The van der Waals surface area contributed by atoms with Crippen molar-refractivity contribution in [3.8, 4) is 0 Å². The van der Waals surface area contributed by atoms with Crippen LogP contribution in [0, 0.1) is 0 Å². The number of nitrogens with zero attached hydrogens (tertiary/aromatic N) is 4. The van der Waals surface area contributed by atoms with E-state index in [1.54, 1.807) is 0 Å². The Hall–Kier alpha value is -0.980. The fourth-order valence-electron chi connectivity index (χ4n) is 3.75. The molecular weight excluding hydrogens is 304 g/mol. The maximum absolute atomic E-state index is 10.4. The van der Waals surface area contributed by atoms with Crippen LogP contribution in [0.5, 0.6) is 0 Å². The molecule has 0 bridgehead atoms. The predicted octanol–water partition coefficient (Wildman–Crippen LogP) is 2.32. The first-order valence-corrected chi connectivity index (χ1v) is 9.42. The Bertz CT molecular complexity index is 538. The topological polar surface area (TPSA) is 63.4 Å². The molecule has 2 aliphatic rings. The fourth-order valence-corrected chi connectivity index (χ4v) is 3.75. The second-order valence-corrected chi connectivity index (χ2v) is 8.17. The molecule has 24 heavy (non-hydrogen) atoms. The van der Waals surface area contributed by atoms with Crippen LogP contribution in [-0.2, 0) is 17.7 Å². The molecule has 0 aromatic carbocycles. The number of ether oxygens (including phenoxy) is 1. The molecular formula is C18H32N4O2. The third kappa shape index (κ3) is 4.35. The number of aliphatic hydroxyl groups excluding tert-OH is 1. The molecule has 3 rings (SSSR count). The van der Waals surface area contributed by atoms with Crippen molar-refractivity contribution in [3.63, 3.8) is 0 Å². The Labute approximate surface area is 145 Å². The van der Waals surface area contributed by atoms with Crippen LogP contribution in [-0.4, -0.2) is 56.2 Å². The van der Waals surface area contributed by atoms with Crippen molar-refractivity contribution in [2.24, 2.45) is 0 Å². The van der Waals surface area contributed by atoms with Crippen molar-refractivity contribution in [1.82, 2.24) is 19.7 Å². The van der Waals surface area contributed by atoms with Crippen molar-refractivity contribution in [1.29, 1.82) is 0 Å². The van der Waals surface area contributed by atoms with Crippen molar-refractivity contribution in [2.75, 3.05) is 19.7 Å². The number of piperidine rings is 1. The average molecular weight is 336 g/mol. The summed E-state index contributed by atoms with van der Waals surface area (Å²) in [5.74, 6) is 2.24. The summed E-state index contributed by atoms with van der Waals surface area (Å²) < 4.78 is 8.06. The standard InChI is InChI=1S/C18H32N4O2/c1-18(2,3)24-13-14(23)12-21-10-6-4-8-15(21)17-20-19-16-9-5-7-11-22(16)17/h14-15,23H,4-13H2,1-3H3/t14-,15+/m0/s1. The molecule has 1 N–H and O–H groups in total. The normalized spacial score (nSPS) is 23.9. The summed E-state index contributed by atoms with van der Waals surface area (Å²) in [5.41, 5.74) is -0.214. The Morgan fingerprint density at radius 1 is 1.17 bits per heavy atom. The van der Waals surface area contributed by atoms with Crippen LogP contribution in [0.1, 0.15) is 70.6 Å². The van der Waals surface area contributed by atoms with Crippen LogP contribution >= 0.6 is 0 Å². The van der Waals surface area contributed by atoms with Crippen LogP contribution in [0.3, 0.4) is 0 Å². The molecule has 2 aliphatic heterocycles. The highest BCUT2D eigenvalue weighted by molar-refractivity contribution is 5.05. The predicted molar refractivity (Wildman–Crippen MR) is 92.8 cm³/mol.